The van der Waals surface area contributed by atoms with Gasteiger partial charge in [-0.2, -0.15) is 0 Å². The summed E-state index contributed by atoms with van der Waals surface area (Å²) in [4.78, 5) is 30.7. The molecule has 2 heterocycles. The Morgan fingerprint density at radius 3 is 2.58 bits per heavy atom. The van der Waals surface area contributed by atoms with Crippen LogP contribution in [-0.4, -0.2) is 27.1 Å². The van der Waals surface area contributed by atoms with Crippen molar-refractivity contribution in [2.45, 2.75) is 39.4 Å². The lowest BCUT2D eigenvalue weighted by Gasteiger charge is -2.11. The van der Waals surface area contributed by atoms with Crippen molar-refractivity contribution in [3.63, 3.8) is 0 Å². The van der Waals surface area contributed by atoms with Crippen LogP contribution in [0, 0.1) is 0 Å². The third kappa shape index (κ3) is 4.82. The lowest BCUT2D eigenvalue weighted by atomic mass is 10.1. The van der Waals surface area contributed by atoms with E-state index in [1.54, 1.807) is 22.6 Å². The van der Waals surface area contributed by atoms with E-state index in [9.17, 15) is 9.59 Å². The maximum absolute atomic E-state index is 13.3. The van der Waals surface area contributed by atoms with Crippen molar-refractivity contribution < 1.29 is 9.53 Å². The van der Waals surface area contributed by atoms with Gasteiger partial charge in [0, 0.05) is 30.4 Å². The molecule has 0 radical (unpaired) electrons. The number of nitrogens with one attached hydrogen (secondary N) is 1. The van der Waals surface area contributed by atoms with Gasteiger partial charge in [0.15, 0.2) is 0 Å². The van der Waals surface area contributed by atoms with E-state index in [0.29, 0.717) is 24.1 Å². The maximum Gasteiger partial charge on any atom is 0.277 e. The zero-order valence-electron chi connectivity index (χ0n) is 19.0. The van der Waals surface area contributed by atoms with E-state index < -0.39 is 0 Å². The minimum atomic E-state index is -0.194. The number of fused-ring (bicyclic) bond motifs is 1. The monoisotopic (exact) mass is 444 g/mol. The number of amides is 1. The normalized spacial score (nSPS) is 11.0. The van der Waals surface area contributed by atoms with Gasteiger partial charge in [-0.25, -0.2) is 4.98 Å². The van der Waals surface area contributed by atoms with Crippen molar-refractivity contribution >= 4 is 16.9 Å². The first kappa shape index (κ1) is 22.3. The predicted octanol–water partition coefficient (Wildman–Crippen LogP) is 3.99. The Bertz CT molecular complexity index is 1310. The van der Waals surface area contributed by atoms with Crippen LogP contribution < -0.4 is 15.6 Å². The zero-order valence-corrected chi connectivity index (χ0v) is 19.0. The summed E-state index contributed by atoms with van der Waals surface area (Å²) in [5.41, 5.74) is 3.60. The quantitative estimate of drug-likeness (QED) is 0.423. The number of aryl methyl sites for hydroxylation is 1. The third-order valence-electron chi connectivity index (χ3n) is 5.66. The molecule has 4 aromatic rings. The first-order valence-electron chi connectivity index (χ1n) is 11.1. The molecule has 0 atom stereocenters. The Morgan fingerprint density at radius 1 is 1.06 bits per heavy atom. The summed E-state index contributed by atoms with van der Waals surface area (Å²) >= 11 is 0. The minimum Gasteiger partial charge on any atom is -0.496 e. The van der Waals surface area contributed by atoms with Gasteiger partial charge in [0.1, 0.15) is 23.3 Å². The van der Waals surface area contributed by atoms with Gasteiger partial charge in [-0.15, -0.1) is 0 Å². The molecule has 7 heteroatoms. The van der Waals surface area contributed by atoms with Gasteiger partial charge < -0.3 is 14.6 Å². The zero-order chi connectivity index (χ0) is 23.2. The highest BCUT2D eigenvalue weighted by Crippen LogP contribution is 2.27. The van der Waals surface area contributed by atoms with Crippen LogP contribution in [0.3, 0.4) is 0 Å². The van der Waals surface area contributed by atoms with Crippen molar-refractivity contribution in [3.05, 3.63) is 83.0 Å². The van der Waals surface area contributed by atoms with Crippen LogP contribution in [0.5, 0.6) is 5.75 Å². The van der Waals surface area contributed by atoms with E-state index >= 15 is 0 Å². The number of hydrogen-bond donors (Lipinski definition) is 1. The van der Waals surface area contributed by atoms with Crippen LogP contribution in [0.25, 0.3) is 22.2 Å². The topological polar surface area (TPSA) is 78.2 Å². The Morgan fingerprint density at radius 2 is 1.82 bits per heavy atom. The lowest BCUT2D eigenvalue weighted by Crippen LogP contribution is -2.29. The number of rotatable bonds is 9. The number of para-hydroxylation sites is 1. The van der Waals surface area contributed by atoms with Crippen molar-refractivity contribution in [2.75, 3.05) is 7.11 Å². The molecule has 0 saturated heterocycles. The Labute approximate surface area is 192 Å². The molecule has 0 aliphatic heterocycles. The first-order valence-corrected chi connectivity index (χ1v) is 11.1. The van der Waals surface area contributed by atoms with Crippen LogP contribution in [0.1, 0.15) is 25.3 Å². The lowest BCUT2D eigenvalue weighted by molar-refractivity contribution is -0.121. The second kappa shape index (κ2) is 10.2. The van der Waals surface area contributed by atoms with Crippen LogP contribution in [-0.2, 0) is 24.4 Å². The largest absolute Gasteiger partial charge is 0.496 e. The van der Waals surface area contributed by atoms with Crippen LogP contribution in [0.15, 0.2) is 71.9 Å². The smallest absolute Gasteiger partial charge is 0.277 e. The predicted molar refractivity (Wildman–Crippen MR) is 129 cm³/mol. The fraction of sp³-hybridized carbons (Fsp3) is 0.269. The summed E-state index contributed by atoms with van der Waals surface area (Å²) in [6, 6.07) is 17.3. The molecule has 0 aliphatic carbocycles. The first-order chi connectivity index (χ1) is 16.1. The molecule has 2 aromatic heterocycles. The number of carbonyl (C=O) groups is 1. The van der Waals surface area contributed by atoms with Crippen LogP contribution >= 0.6 is 0 Å². The van der Waals surface area contributed by atoms with E-state index in [2.05, 4.69) is 17.2 Å². The van der Waals surface area contributed by atoms with Crippen LogP contribution in [0.2, 0.25) is 0 Å². The van der Waals surface area contributed by atoms with Crippen molar-refractivity contribution in [2.24, 2.45) is 0 Å². The molecular weight excluding hydrogens is 416 g/mol. The van der Waals surface area contributed by atoms with Gasteiger partial charge in [0.05, 0.1) is 13.4 Å². The SMILES string of the molecule is CCCCn1cnc2c(-c3ccccc3)cn(CC(=O)NCc3ccccc3OC)c2c1=O. The number of carbonyl (C=O) groups excluding carboxylic acids is 1. The number of nitrogens with zero attached hydrogens (tertiary/aromatic N) is 3. The van der Waals surface area contributed by atoms with Crippen molar-refractivity contribution in [1.82, 2.24) is 19.4 Å². The number of unbranched alkanes of at least 4 members (excludes halogenated alkanes) is 1. The molecule has 7 nitrogen and oxygen atoms in total. The molecule has 170 valence electrons. The van der Waals surface area contributed by atoms with E-state index in [1.165, 1.54) is 0 Å². The Balaban J connectivity index is 1.66. The number of ether oxygens (including phenoxy) is 1. The van der Waals surface area contributed by atoms with Gasteiger partial charge in [-0.1, -0.05) is 61.9 Å². The number of benzene rings is 2. The highest BCUT2D eigenvalue weighted by atomic mass is 16.5. The highest BCUT2D eigenvalue weighted by molar-refractivity contribution is 5.93. The van der Waals surface area contributed by atoms with Gasteiger partial charge >= 0.3 is 0 Å². The molecule has 2 aromatic carbocycles. The van der Waals surface area contributed by atoms with Crippen LogP contribution in [0.4, 0.5) is 0 Å². The second-order valence-electron chi connectivity index (χ2n) is 7.92. The van der Waals surface area contributed by atoms with E-state index in [-0.39, 0.29) is 18.0 Å². The molecule has 0 unspecified atom stereocenters. The molecule has 4 rings (SSSR count). The standard InChI is InChI=1S/C26H28N4O3/c1-3-4-14-29-18-28-24-21(19-10-6-5-7-11-19)16-30(25(24)26(29)32)17-23(31)27-15-20-12-8-9-13-22(20)33-2/h5-13,16,18H,3-4,14-15,17H2,1-2H3,(H,27,31). The fourth-order valence-electron chi connectivity index (χ4n) is 3.91. The third-order valence-corrected chi connectivity index (χ3v) is 5.66. The summed E-state index contributed by atoms with van der Waals surface area (Å²) in [5, 5.41) is 2.94. The summed E-state index contributed by atoms with van der Waals surface area (Å²) in [5.74, 6) is 0.527. The molecule has 0 bridgehead atoms. The van der Waals surface area contributed by atoms with Crippen molar-refractivity contribution in [1.29, 1.82) is 0 Å². The molecule has 1 amide bonds. The number of methoxy groups -OCH3 is 1. The number of hydrogen-bond acceptors (Lipinski definition) is 4. The van der Waals surface area contributed by atoms with Crippen molar-refractivity contribution in [3.8, 4) is 16.9 Å². The van der Waals surface area contributed by atoms with Gasteiger partial charge in [0.25, 0.3) is 5.56 Å². The molecule has 1 N–H and O–H groups in total. The molecule has 33 heavy (non-hydrogen) atoms. The molecule has 0 aliphatic rings. The van der Waals surface area contributed by atoms with E-state index in [1.807, 2.05) is 60.8 Å². The summed E-state index contributed by atoms with van der Waals surface area (Å²) in [6.07, 6.45) is 5.32. The number of aromatic nitrogens is 3. The molecule has 0 saturated carbocycles. The van der Waals surface area contributed by atoms with Gasteiger partial charge in [-0.3, -0.25) is 14.2 Å². The Kier molecular flexibility index (Phi) is 6.88. The summed E-state index contributed by atoms with van der Waals surface area (Å²) in [6.45, 7) is 3.04. The van der Waals surface area contributed by atoms with Gasteiger partial charge in [-0.05, 0) is 18.1 Å². The molecule has 0 spiro atoms. The molecule has 0 fully saturated rings. The van der Waals surface area contributed by atoms with E-state index in [0.717, 1.165) is 35.3 Å². The average molecular weight is 445 g/mol. The summed E-state index contributed by atoms with van der Waals surface area (Å²) < 4.78 is 8.70. The Hall–Kier alpha value is -3.87. The minimum absolute atomic E-state index is 0.0210. The second-order valence-corrected chi connectivity index (χ2v) is 7.92. The van der Waals surface area contributed by atoms with E-state index in [4.69, 9.17) is 4.74 Å². The highest BCUT2D eigenvalue weighted by Gasteiger charge is 2.18. The molecular formula is C26H28N4O3. The maximum atomic E-state index is 13.3. The average Bonchev–Trinajstić information content (AvgIpc) is 3.22. The summed E-state index contributed by atoms with van der Waals surface area (Å²) in [7, 11) is 1.61. The fourth-order valence-corrected chi connectivity index (χ4v) is 3.91. The van der Waals surface area contributed by atoms with Gasteiger partial charge in [0.2, 0.25) is 5.91 Å².